The molecule has 12 heavy (non-hydrogen) atoms. The molecule has 5 heteroatoms. The van der Waals surface area contributed by atoms with E-state index in [1.807, 2.05) is 0 Å². The lowest BCUT2D eigenvalue weighted by molar-refractivity contribution is 0.0693. The number of anilines is 2. The Balaban J connectivity index is 3.37. The Morgan fingerprint density at radius 1 is 1.42 bits per heavy atom. The molecule has 0 aliphatic carbocycles. The lowest BCUT2D eigenvalue weighted by atomic mass is 10.2. The minimum absolute atomic E-state index is 0.0239. The molecule has 1 aromatic rings. The number of hydrogen-bond donors (Lipinski definition) is 4. The lowest BCUT2D eigenvalue weighted by Gasteiger charge is -2.04. The summed E-state index contributed by atoms with van der Waals surface area (Å²) in [6.07, 6.45) is 0. The first kappa shape index (κ1) is 8.73. The highest BCUT2D eigenvalue weighted by atomic mass is 32.1. The summed E-state index contributed by atoms with van der Waals surface area (Å²) in [6, 6.07) is 2.79. The maximum atomic E-state index is 10.6. The molecule has 0 bridgehead atoms. The van der Waals surface area contributed by atoms with Crippen molar-refractivity contribution in [3.63, 3.8) is 0 Å². The number of carboxylic acid groups (broad SMARTS) is 1. The van der Waals surface area contributed by atoms with Gasteiger partial charge in [-0.3, -0.25) is 0 Å². The van der Waals surface area contributed by atoms with E-state index in [4.69, 9.17) is 16.6 Å². The zero-order chi connectivity index (χ0) is 9.30. The van der Waals surface area contributed by atoms with Gasteiger partial charge in [0.15, 0.2) is 0 Å². The Kier molecular flexibility index (Phi) is 2.14. The lowest BCUT2D eigenvalue weighted by Crippen LogP contribution is -2.02. The van der Waals surface area contributed by atoms with Gasteiger partial charge in [0, 0.05) is 16.3 Å². The Hall–Kier alpha value is -1.36. The number of thiol groups is 1. The van der Waals surface area contributed by atoms with E-state index in [9.17, 15) is 4.79 Å². The summed E-state index contributed by atoms with van der Waals surface area (Å²) in [5.74, 6) is -1.08. The molecule has 0 atom stereocenters. The molecular weight excluding hydrogens is 176 g/mol. The van der Waals surface area contributed by atoms with E-state index in [0.717, 1.165) is 0 Å². The van der Waals surface area contributed by atoms with E-state index in [-0.39, 0.29) is 16.1 Å². The number of aromatic carboxylic acids is 1. The monoisotopic (exact) mass is 184 g/mol. The Labute approximate surface area is 74.6 Å². The van der Waals surface area contributed by atoms with Crippen LogP contribution in [-0.4, -0.2) is 11.1 Å². The van der Waals surface area contributed by atoms with Crippen molar-refractivity contribution in [3.05, 3.63) is 17.7 Å². The smallest absolute Gasteiger partial charge is 0.336 e. The van der Waals surface area contributed by atoms with Crippen LogP contribution in [-0.2, 0) is 0 Å². The molecule has 4 nitrogen and oxygen atoms in total. The molecule has 0 spiro atoms. The standard InChI is InChI=1S/C7H8N2O2S/c8-3-1-4(7(10)11)6(12)5(9)2-3/h1-2,12H,8-9H2,(H,10,11). The Bertz CT molecular complexity index is 338. The highest BCUT2D eigenvalue weighted by Gasteiger charge is 2.10. The molecule has 0 saturated heterocycles. The molecule has 5 N–H and O–H groups in total. The van der Waals surface area contributed by atoms with Gasteiger partial charge in [-0.25, -0.2) is 4.79 Å². The van der Waals surface area contributed by atoms with Crippen LogP contribution in [0.5, 0.6) is 0 Å². The van der Waals surface area contributed by atoms with Crippen molar-refractivity contribution < 1.29 is 9.90 Å². The fourth-order valence-corrected chi connectivity index (χ4v) is 1.07. The van der Waals surface area contributed by atoms with E-state index >= 15 is 0 Å². The van der Waals surface area contributed by atoms with Gasteiger partial charge < -0.3 is 16.6 Å². The van der Waals surface area contributed by atoms with Gasteiger partial charge >= 0.3 is 5.97 Å². The zero-order valence-electron chi connectivity index (χ0n) is 6.11. The summed E-state index contributed by atoms with van der Waals surface area (Å²) in [4.78, 5) is 10.8. The highest BCUT2D eigenvalue weighted by molar-refractivity contribution is 7.80. The molecule has 1 aromatic carbocycles. The van der Waals surface area contributed by atoms with Gasteiger partial charge in [-0.05, 0) is 12.1 Å². The topological polar surface area (TPSA) is 89.3 Å². The molecule has 0 aliphatic heterocycles. The van der Waals surface area contributed by atoms with Crippen molar-refractivity contribution in [2.75, 3.05) is 11.5 Å². The predicted molar refractivity (Wildman–Crippen MR) is 49.5 cm³/mol. The van der Waals surface area contributed by atoms with Gasteiger partial charge in [0.05, 0.1) is 5.56 Å². The summed E-state index contributed by atoms with van der Waals surface area (Å²) >= 11 is 3.94. The number of hydrogen-bond acceptors (Lipinski definition) is 4. The number of nitrogen functional groups attached to an aromatic ring is 2. The van der Waals surface area contributed by atoms with Gasteiger partial charge in [0.2, 0.25) is 0 Å². The molecule has 0 heterocycles. The fourth-order valence-electron chi connectivity index (χ4n) is 0.843. The first-order valence-corrected chi connectivity index (χ1v) is 3.58. The third kappa shape index (κ3) is 1.45. The number of carboxylic acids is 1. The molecule has 1 rings (SSSR count). The average molecular weight is 184 g/mol. The van der Waals surface area contributed by atoms with Gasteiger partial charge in [-0.2, -0.15) is 0 Å². The summed E-state index contributed by atoms with van der Waals surface area (Å²) in [7, 11) is 0. The normalized spacial score (nSPS) is 9.75. The second-order valence-corrected chi connectivity index (χ2v) is 2.76. The zero-order valence-corrected chi connectivity index (χ0v) is 7.01. The minimum Gasteiger partial charge on any atom is -0.478 e. The van der Waals surface area contributed by atoms with E-state index in [0.29, 0.717) is 5.69 Å². The fraction of sp³-hybridized carbons (Fsp3) is 0. The third-order valence-electron chi connectivity index (χ3n) is 1.39. The molecule has 0 unspecified atom stereocenters. The highest BCUT2D eigenvalue weighted by Crippen LogP contribution is 2.24. The van der Waals surface area contributed by atoms with Crippen LogP contribution in [0.25, 0.3) is 0 Å². The van der Waals surface area contributed by atoms with Crippen LogP contribution < -0.4 is 11.5 Å². The largest absolute Gasteiger partial charge is 0.478 e. The van der Waals surface area contributed by atoms with Crippen molar-refractivity contribution in [2.45, 2.75) is 4.90 Å². The van der Waals surface area contributed by atoms with E-state index in [1.165, 1.54) is 12.1 Å². The number of carbonyl (C=O) groups is 1. The van der Waals surface area contributed by atoms with Crippen molar-refractivity contribution in [2.24, 2.45) is 0 Å². The van der Waals surface area contributed by atoms with E-state index in [2.05, 4.69) is 12.6 Å². The van der Waals surface area contributed by atoms with Crippen LogP contribution in [0.15, 0.2) is 17.0 Å². The van der Waals surface area contributed by atoms with E-state index in [1.54, 1.807) is 0 Å². The van der Waals surface area contributed by atoms with Crippen molar-refractivity contribution in [1.29, 1.82) is 0 Å². The quantitative estimate of drug-likeness (QED) is 0.384. The van der Waals surface area contributed by atoms with Crippen LogP contribution in [0.2, 0.25) is 0 Å². The summed E-state index contributed by atoms with van der Waals surface area (Å²) in [5, 5.41) is 8.65. The van der Waals surface area contributed by atoms with Crippen molar-refractivity contribution in [3.8, 4) is 0 Å². The molecular formula is C7H8N2O2S. The number of nitrogens with two attached hydrogens (primary N) is 2. The number of rotatable bonds is 1. The summed E-state index contributed by atoms with van der Waals surface area (Å²) < 4.78 is 0. The van der Waals surface area contributed by atoms with Gasteiger partial charge in [0.1, 0.15) is 0 Å². The predicted octanol–water partition coefficient (Wildman–Crippen LogP) is 0.838. The molecule has 0 aliphatic rings. The van der Waals surface area contributed by atoms with E-state index < -0.39 is 5.97 Å². The van der Waals surface area contributed by atoms with Crippen molar-refractivity contribution in [1.82, 2.24) is 0 Å². The third-order valence-corrected chi connectivity index (χ3v) is 1.89. The summed E-state index contributed by atoms with van der Waals surface area (Å²) in [6.45, 7) is 0. The van der Waals surface area contributed by atoms with Crippen molar-refractivity contribution >= 4 is 30.0 Å². The van der Waals surface area contributed by atoms with Gasteiger partial charge in [-0.1, -0.05) is 0 Å². The second kappa shape index (κ2) is 2.94. The number of benzene rings is 1. The van der Waals surface area contributed by atoms with Crippen LogP contribution in [0.4, 0.5) is 11.4 Å². The molecule has 64 valence electrons. The van der Waals surface area contributed by atoms with Crippen LogP contribution >= 0.6 is 12.6 Å². The molecule has 0 aromatic heterocycles. The maximum absolute atomic E-state index is 10.6. The first-order valence-electron chi connectivity index (χ1n) is 3.13. The Morgan fingerprint density at radius 2 is 2.00 bits per heavy atom. The second-order valence-electron chi connectivity index (χ2n) is 2.31. The van der Waals surface area contributed by atoms with Gasteiger partial charge in [-0.15, -0.1) is 12.6 Å². The summed E-state index contributed by atoms with van der Waals surface area (Å²) in [5.41, 5.74) is 11.4. The SMILES string of the molecule is Nc1cc(N)c(S)c(C(=O)O)c1. The average Bonchev–Trinajstić information content (AvgIpc) is 1.96. The Morgan fingerprint density at radius 3 is 2.50 bits per heavy atom. The first-order chi connectivity index (χ1) is 5.52. The minimum atomic E-state index is -1.08. The molecule has 0 amide bonds. The van der Waals surface area contributed by atoms with Gasteiger partial charge in [0.25, 0.3) is 0 Å². The molecule has 0 saturated carbocycles. The maximum Gasteiger partial charge on any atom is 0.336 e. The van der Waals surface area contributed by atoms with Crippen LogP contribution in [0.1, 0.15) is 10.4 Å². The van der Waals surface area contributed by atoms with Crippen LogP contribution in [0.3, 0.4) is 0 Å². The molecule has 0 fully saturated rings. The van der Waals surface area contributed by atoms with Crippen LogP contribution in [0, 0.1) is 0 Å². The molecule has 0 radical (unpaired) electrons.